The number of carbonyl (C=O) groups excluding carboxylic acids is 2. The lowest BCUT2D eigenvalue weighted by atomic mass is 10.1. The summed E-state index contributed by atoms with van der Waals surface area (Å²) in [6.45, 7) is 8.67. The van der Waals surface area contributed by atoms with Crippen LogP contribution < -0.4 is 5.32 Å². The summed E-state index contributed by atoms with van der Waals surface area (Å²) in [6.07, 6.45) is -1.18. The van der Waals surface area contributed by atoms with Gasteiger partial charge < -0.3 is 10.1 Å². The Kier molecular flexibility index (Phi) is 7.91. The van der Waals surface area contributed by atoms with E-state index in [1.54, 1.807) is 27.7 Å². The first-order valence-electron chi connectivity index (χ1n) is 9.90. The SMILES string of the molecule is CCN(CC)S(=O)(=O)c1cc(C(=O)OC(C)C(=O)Nc2ccc(C)c(F)c2)ccc1C. The number of hydrogen-bond donors (Lipinski definition) is 1. The molecule has 1 amide bonds. The maximum Gasteiger partial charge on any atom is 0.338 e. The highest BCUT2D eigenvalue weighted by Gasteiger charge is 2.26. The average Bonchev–Trinajstić information content (AvgIpc) is 2.71. The number of nitrogens with zero attached hydrogens (tertiary/aromatic N) is 1. The van der Waals surface area contributed by atoms with Crippen LogP contribution in [0.2, 0.25) is 0 Å². The molecule has 31 heavy (non-hydrogen) atoms. The van der Waals surface area contributed by atoms with Crippen molar-refractivity contribution >= 4 is 27.6 Å². The van der Waals surface area contributed by atoms with Crippen LogP contribution in [0.4, 0.5) is 10.1 Å². The van der Waals surface area contributed by atoms with Crippen molar-refractivity contribution in [2.24, 2.45) is 0 Å². The number of ether oxygens (including phenoxy) is 1. The number of sulfonamides is 1. The monoisotopic (exact) mass is 450 g/mol. The summed E-state index contributed by atoms with van der Waals surface area (Å²) in [7, 11) is -3.77. The molecule has 0 heterocycles. The van der Waals surface area contributed by atoms with Crippen molar-refractivity contribution in [3.05, 3.63) is 58.9 Å². The smallest absolute Gasteiger partial charge is 0.338 e. The van der Waals surface area contributed by atoms with Gasteiger partial charge in [0.25, 0.3) is 5.91 Å². The van der Waals surface area contributed by atoms with Gasteiger partial charge in [0.15, 0.2) is 6.10 Å². The number of carbonyl (C=O) groups is 2. The summed E-state index contributed by atoms with van der Waals surface area (Å²) < 4.78 is 45.8. The van der Waals surface area contributed by atoms with Crippen molar-refractivity contribution in [1.82, 2.24) is 4.31 Å². The minimum Gasteiger partial charge on any atom is -0.449 e. The minimum atomic E-state index is -3.77. The Morgan fingerprint density at radius 2 is 1.68 bits per heavy atom. The summed E-state index contributed by atoms with van der Waals surface area (Å²) in [5.41, 5.74) is 1.18. The molecule has 1 unspecified atom stereocenters. The molecule has 7 nitrogen and oxygen atoms in total. The zero-order chi connectivity index (χ0) is 23.3. The van der Waals surface area contributed by atoms with Gasteiger partial charge in [-0.3, -0.25) is 4.79 Å². The number of benzene rings is 2. The molecule has 1 atom stereocenters. The molecule has 0 aliphatic heterocycles. The van der Waals surface area contributed by atoms with Crippen molar-refractivity contribution in [2.45, 2.75) is 45.6 Å². The van der Waals surface area contributed by atoms with Gasteiger partial charge in [-0.2, -0.15) is 4.31 Å². The van der Waals surface area contributed by atoms with E-state index in [0.29, 0.717) is 24.2 Å². The molecule has 0 fully saturated rings. The number of hydrogen-bond acceptors (Lipinski definition) is 5. The fraction of sp³-hybridized carbons (Fsp3) is 0.364. The highest BCUT2D eigenvalue weighted by molar-refractivity contribution is 7.89. The summed E-state index contributed by atoms with van der Waals surface area (Å²) in [6, 6.07) is 8.45. The Labute approximate surface area is 182 Å². The topological polar surface area (TPSA) is 92.8 Å². The predicted octanol–water partition coefficient (Wildman–Crippen LogP) is 3.66. The predicted molar refractivity (Wildman–Crippen MR) is 116 cm³/mol. The van der Waals surface area contributed by atoms with E-state index in [-0.39, 0.29) is 16.1 Å². The minimum absolute atomic E-state index is 0.0114. The molecule has 9 heteroatoms. The third-order valence-corrected chi connectivity index (χ3v) is 7.03. The lowest BCUT2D eigenvalue weighted by Crippen LogP contribution is -2.32. The molecule has 0 radical (unpaired) electrons. The van der Waals surface area contributed by atoms with Gasteiger partial charge in [-0.25, -0.2) is 17.6 Å². The van der Waals surface area contributed by atoms with E-state index in [1.165, 1.54) is 47.6 Å². The van der Waals surface area contributed by atoms with E-state index in [9.17, 15) is 22.4 Å². The van der Waals surface area contributed by atoms with E-state index in [0.717, 1.165) is 0 Å². The Bertz CT molecular complexity index is 1080. The van der Waals surface area contributed by atoms with E-state index in [4.69, 9.17) is 4.74 Å². The molecule has 0 aromatic heterocycles. The third-order valence-electron chi connectivity index (χ3n) is 4.84. The maximum absolute atomic E-state index is 13.6. The van der Waals surface area contributed by atoms with Crippen molar-refractivity contribution in [3.63, 3.8) is 0 Å². The molecule has 0 aliphatic carbocycles. The fourth-order valence-electron chi connectivity index (χ4n) is 2.90. The van der Waals surface area contributed by atoms with E-state index in [2.05, 4.69) is 5.32 Å². The molecular formula is C22H27FN2O5S. The largest absolute Gasteiger partial charge is 0.449 e. The van der Waals surface area contributed by atoms with Crippen molar-refractivity contribution in [3.8, 4) is 0 Å². The van der Waals surface area contributed by atoms with Gasteiger partial charge in [0, 0.05) is 18.8 Å². The first kappa shape index (κ1) is 24.5. The van der Waals surface area contributed by atoms with Gasteiger partial charge in [-0.15, -0.1) is 0 Å². The molecule has 0 bridgehead atoms. The number of esters is 1. The summed E-state index contributed by atoms with van der Waals surface area (Å²) in [5.74, 6) is -1.95. The highest BCUT2D eigenvalue weighted by Crippen LogP contribution is 2.22. The lowest BCUT2D eigenvalue weighted by molar-refractivity contribution is -0.123. The standard InChI is InChI=1S/C22H27FN2O5S/c1-6-25(7-2)31(28,29)20-12-17(10-8-15(20)4)22(27)30-16(5)21(26)24-18-11-9-14(3)19(23)13-18/h8-13,16H,6-7H2,1-5H3,(H,24,26). The van der Waals surface area contributed by atoms with Crippen LogP contribution >= 0.6 is 0 Å². The van der Waals surface area contributed by atoms with E-state index in [1.807, 2.05) is 0 Å². The second-order valence-electron chi connectivity index (χ2n) is 7.07. The van der Waals surface area contributed by atoms with Gasteiger partial charge in [-0.1, -0.05) is 26.0 Å². The number of amides is 1. The second kappa shape index (κ2) is 10.0. The fourth-order valence-corrected chi connectivity index (χ4v) is 4.61. The molecule has 0 saturated heterocycles. The van der Waals surface area contributed by atoms with Gasteiger partial charge in [0.2, 0.25) is 10.0 Å². The molecule has 0 spiro atoms. The Morgan fingerprint density at radius 1 is 1.06 bits per heavy atom. The Morgan fingerprint density at radius 3 is 2.26 bits per heavy atom. The molecule has 0 saturated carbocycles. The first-order chi connectivity index (χ1) is 14.5. The zero-order valence-electron chi connectivity index (χ0n) is 18.2. The number of anilines is 1. The molecule has 1 N–H and O–H groups in total. The summed E-state index contributed by atoms with van der Waals surface area (Å²) in [4.78, 5) is 24.9. The van der Waals surface area contributed by atoms with E-state index < -0.39 is 33.8 Å². The van der Waals surface area contributed by atoms with Crippen LogP contribution in [0, 0.1) is 19.7 Å². The van der Waals surface area contributed by atoms with Gasteiger partial charge in [0.05, 0.1) is 10.5 Å². The van der Waals surface area contributed by atoms with Crippen molar-refractivity contribution in [2.75, 3.05) is 18.4 Å². The van der Waals surface area contributed by atoms with Gasteiger partial charge in [-0.05, 0) is 56.2 Å². The van der Waals surface area contributed by atoms with Gasteiger partial charge in [0.1, 0.15) is 5.82 Å². The molecular weight excluding hydrogens is 423 g/mol. The second-order valence-corrected chi connectivity index (χ2v) is 8.98. The molecule has 2 rings (SSSR count). The molecule has 2 aromatic rings. The van der Waals surface area contributed by atoms with Crippen molar-refractivity contribution in [1.29, 1.82) is 0 Å². The number of aryl methyl sites for hydroxylation is 2. The zero-order valence-corrected chi connectivity index (χ0v) is 19.0. The normalized spacial score (nSPS) is 12.5. The summed E-state index contributed by atoms with van der Waals surface area (Å²) in [5, 5.41) is 2.48. The average molecular weight is 451 g/mol. The third kappa shape index (κ3) is 5.68. The molecule has 168 valence electrons. The Hall–Kier alpha value is -2.78. The number of nitrogens with one attached hydrogen (secondary N) is 1. The van der Waals surface area contributed by atoms with Crippen LogP contribution in [0.1, 0.15) is 42.3 Å². The van der Waals surface area contributed by atoms with Crippen LogP contribution in [-0.4, -0.2) is 43.8 Å². The Balaban J connectivity index is 2.17. The molecule has 2 aromatic carbocycles. The van der Waals surface area contributed by atoms with Crippen LogP contribution in [0.5, 0.6) is 0 Å². The van der Waals surface area contributed by atoms with Crippen LogP contribution in [-0.2, 0) is 19.6 Å². The van der Waals surface area contributed by atoms with Crippen LogP contribution in [0.3, 0.4) is 0 Å². The van der Waals surface area contributed by atoms with E-state index >= 15 is 0 Å². The first-order valence-corrected chi connectivity index (χ1v) is 11.3. The quantitative estimate of drug-likeness (QED) is 0.620. The van der Waals surface area contributed by atoms with Gasteiger partial charge >= 0.3 is 5.97 Å². The van der Waals surface area contributed by atoms with Crippen molar-refractivity contribution < 1.29 is 27.1 Å². The summed E-state index contributed by atoms with van der Waals surface area (Å²) >= 11 is 0. The molecule has 0 aliphatic rings. The number of halogens is 1. The van der Waals surface area contributed by atoms with Crippen LogP contribution in [0.15, 0.2) is 41.3 Å². The maximum atomic E-state index is 13.6. The lowest BCUT2D eigenvalue weighted by Gasteiger charge is -2.20. The highest BCUT2D eigenvalue weighted by atomic mass is 32.2. The van der Waals surface area contributed by atoms with Crippen LogP contribution in [0.25, 0.3) is 0 Å². The number of rotatable bonds is 8.